The summed E-state index contributed by atoms with van der Waals surface area (Å²) in [4.78, 5) is 22.8. The number of nitrogens with one attached hydrogen (secondary N) is 1. The van der Waals surface area contributed by atoms with Gasteiger partial charge in [-0.25, -0.2) is 9.59 Å². The second-order valence-corrected chi connectivity index (χ2v) is 3.69. The van der Waals surface area contributed by atoms with E-state index in [-0.39, 0.29) is 13.2 Å². The number of ether oxygens (including phenoxy) is 2. The lowest BCUT2D eigenvalue weighted by Gasteiger charge is -2.14. The number of esters is 1. The van der Waals surface area contributed by atoms with Crippen molar-refractivity contribution < 1.29 is 24.2 Å². The first-order valence-electron chi connectivity index (χ1n) is 5.92. The van der Waals surface area contributed by atoms with Crippen LogP contribution >= 0.6 is 0 Å². The molecule has 0 saturated carbocycles. The van der Waals surface area contributed by atoms with E-state index in [1.807, 2.05) is 30.3 Å². The molecule has 0 aromatic heterocycles. The number of aliphatic hydroxyl groups is 1. The van der Waals surface area contributed by atoms with Gasteiger partial charge in [-0.3, -0.25) is 0 Å². The van der Waals surface area contributed by atoms with Gasteiger partial charge in [0.05, 0.1) is 13.2 Å². The lowest BCUT2D eigenvalue weighted by atomic mass is 10.2. The maximum absolute atomic E-state index is 11.4. The first-order valence-corrected chi connectivity index (χ1v) is 5.92. The average molecular weight is 267 g/mol. The third-order valence-corrected chi connectivity index (χ3v) is 2.26. The van der Waals surface area contributed by atoms with Gasteiger partial charge < -0.3 is 19.9 Å². The van der Waals surface area contributed by atoms with Crippen molar-refractivity contribution in [1.82, 2.24) is 5.32 Å². The minimum atomic E-state index is -1.11. The molecule has 1 aromatic carbocycles. The molecule has 0 spiro atoms. The Labute approximate surface area is 111 Å². The first-order chi connectivity index (χ1) is 9.17. The molecular weight excluding hydrogens is 250 g/mol. The van der Waals surface area contributed by atoms with Crippen LogP contribution in [-0.2, 0) is 20.9 Å². The summed E-state index contributed by atoms with van der Waals surface area (Å²) >= 11 is 0. The molecule has 1 amide bonds. The fraction of sp³-hybridized carbons (Fsp3) is 0.385. The Balaban J connectivity index is 2.39. The maximum Gasteiger partial charge on any atom is 0.408 e. The lowest BCUT2D eigenvalue weighted by Crippen LogP contribution is -2.44. The van der Waals surface area contributed by atoms with Crippen molar-refractivity contribution in [2.24, 2.45) is 0 Å². The average Bonchev–Trinajstić information content (AvgIpc) is 2.44. The Bertz CT molecular complexity index is 407. The Kier molecular flexibility index (Phi) is 6.38. The highest BCUT2D eigenvalue weighted by molar-refractivity contribution is 5.81. The molecule has 0 fully saturated rings. The molecule has 0 unspecified atom stereocenters. The van der Waals surface area contributed by atoms with Gasteiger partial charge in [0.25, 0.3) is 0 Å². The summed E-state index contributed by atoms with van der Waals surface area (Å²) in [5.41, 5.74) is 0.828. The molecule has 6 nitrogen and oxygen atoms in total. The van der Waals surface area contributed by atoms with Crippen LogP contribution in [0.5, 0.6) is 0 Å². The number of hydrogen-bond acceptors (Lipinski definition) is 5. The second-order valence-electron chi connectivity index (χ2n) is 3.69. The number of benzene rings is 1. The molecule has 0 aliphatic rings. The molecule has 0 heterocycles. The summed E-state index contributed by atoms with van der Waals surface area (Å²) in [5, 5.41) is 11.2. The number of carbonyl (C=O) groups excluding carboxylic acids is 2. The molecule has 1 aromatic rings. The molecule has 0 aliphatic heterocycles. The van der Waals surface area contributed by atoms with Gasteiger partial charge in [0.1, 0.15) is 6.61 Å². The number of carbonyl (C=O) groups is 2. The predicted molar refractivity (Wildman–Crippen MR) is 67.3 cm³/mol. The Morgan fingerprint density at radius 1 is 1.26 bits per heavy atom. The Morgan fingerprint density at radius 3 is 2.53 bits per heavy atom. The van der Waals surface area contributed by atoms with Gasteiger partial charge in [0.15, 0.2) is 6.04 Å². The van der Waals surface area contributed by atoms with Gasteiger partial charge in [-0.15, -0.1) is 0 Å². The van der Waals surface area contributed by atoms with Crippen LogP contribution in [0.25, 0.3) is 0 Å². The topological polar surface area (TPSA) is 84.9 Å². The number of rotatable bonds is 6. The van der Waals surface area contributed by atoms with Gasteiger partial charge in [-0.2, -0.15) is 0 Å². The highest BCUT2D eigenvalue weighted by atomic mass is 16.6. The quantitative estimate of drug-likeness (QED) is 0.746. The zero-order valence-electron chi connectivity index (χ0n) is 10.7. The van der Waals surface area contributed by atoms with Crippen molar-refractivity contribution in [2.45, 2.75) is 19.6 Å². The van der Waals surface area contributed by atoms with Crippen molar-refractivity contribution in [3.05, 3.63) is 35.9 Å². The highest BCUT2D eigenvalue weighted by Gasteiger charge is 2.21. The zero-order chi connectivity index (χ0) is 14.1. The summed E-state index contributed by atoms with van der Waals surface area (Å²) in [7, 11) is 0. The van der Waals surface area contributed by atoms with E-state index in [1.165, 1.54) is 0 Å². The van der Waals surface area contributed by atoms with Gasteiger partial charge in [0, 0.05) is 0 Å². The molecule has 104 valence electrons. The van der Waals surface area contributed by atoms with E-state index in [2.05, 4.69) is 10.1 Å². The van der Waals surface area contributed by atoms with Crippen molar-refractivity contribution in [2.75, 3.05) is 13.2 Å². The number of alkyl carbamates (subject to hydrolysis) is 1. The van der Waals surface area contributed by atoms with Crippen LogP contribution in [0, 0.1) is 0 Å². The van der Waals surface area contributed by atoms with Crippen LogP contribution in [0.3, 0.4) is 0 Å². The molecule has 1 rings (SSSR count). The predicted octanol–water partition coefficient (Wildman–Crippen LogP) is 0.837. The Morgan fingerprint density at radius 2 is 1.95 bits per heavy atom. The molecule has 6 heteroatoms. The smallest absolute Gasteiger partial charge is 0.408 e. The summed E-state index contributed by atoms with van der Waals surface area (Å²) in [6, 6.07) is 8.01. The third kappa shape index (κ3) is 5.39. The minimum Gasteiger partial charge on any atom is -0.464 e. The second kappa shape index (κ2) is 8.10. The van der Waals surface area contributed by atoms with Gasteiger partial charge in [-0.05, 0) is 12.5 Å². The monoisotopic (exact) mass is 267 g/mol. The highest BCUT2D eigenvalue weighted by Crippen LogP contribution is 2.01. The summed E-state index contributed by atoms with van der Waals surface area (Å²) in [6.45, 7) is 1.36. The maximum atomic E-state index is 11.4. The zero-order valence-corrected chi connectivity index (χ0v) is 10.7. The summed E-state index contributed by atoms with van der Waals surface area (Å²) < 4.78 is 9.61. The van der Waals surface area contributed by atoms with Crippen molar-refractivity contribution in [3.63, 3.8) is 0 Å². The molecule has 19 heavy (non-hydrogen) atoms. The van der Waals surface area contributed by atoms with E-state index in [4.69, 9.17) is 9.84 Å². The van der Waals surface area contributed by atoms with Crippen LogP contribution in [0.2, 0.25) is 0 Å². The fourth-order valence-corrected chi connectivity index (χ4v) is 1.33. The Hall–Kier alpha value is -2.08. The minimum absolute atomic E-state index is 0.0909. The number of aliphatic hydroxyl groups excluding tert-OH is 1. The first kappa shape index (κ1) is 15.0. The van der Waals surface area contributed by atoms with Crippen LogP contribution in [0.1, 0.15) is 12.5 Å². The summed E-state index contributed by atoms with van der Waals surface area (Å²) in [6.07, 6.45) is -0.782. The SMILES string of the molecule is CCOC(=O)[C@H](CO)NC(=O)OCc1ccccc1. The molecule has 0 bridgehead atoms. The van der Waals surface area contributed by atoms with Crippen molar-refractivity contribution >= 4 is 12.1 Å². The normalized spacial score (nSPS) is 11.5. The van der Waals surface area contributed by atoms with E-state index < -0.39 is 24.7 Å². The standard InChI is InChI=1S/C13H17NO5/c1-2-18-12(16)11(8-15)14-13(17)19-9-10-6-4-3-5-7-10/h3-7,11,15H,2,8-9H2,1H3,(H,14,17)/t11-/m0/s1. The number of amides is 1. The fourth-order valence-electron chi connectivity index (χ4n) is 1.33. The van der Waals surface area contributed by atoms with E-state index in [9.17, 15) is 9.59 Å². The molecule has 1 atom stereocenters. The van der Waals surface area contributed by atoms with E-state index in [1.54, 1.807) is 6.92 Å². The molecule has 2 N–H and O–H groups in total. The van der Waals surface area contributed by atoms with E-state index in [0.717, 1.165) is 5.56 Å². The molecule has 0 aliphatic carbocycles. The van der Waals surface area contributed by atoms with Crippen LogP contribution < -0.4 is 5.32 Å². The van der Waals surface area contributed by atoms with Crippen molar-refractivity contribution in [1.29, 1.82) is 0 Å². The summed E-state index contributed by atoms with van der Waals surface area (Å²) in [5.74, 6) is -0.693. The largest absolute Gasteiger partial charge is 0.464 e. The van der Waals surface area contributed by atoms with Crippen LogP contribution in [-0.4, -0.2) is 36.4 Å². The van der Waals surface area contributed by atoms with Gasteiger partial charge in [-0.1, -0.05) is 30.3 Å². The van der Waals surface area contributed by atoms with Crippen LogP contribution in [0.15, 0.2) is 30.3 Å². The lowest BCUT2D eigenvalue weighted by molar-refractivity contribution is -0.146. The van der Waals surface area contributed by atoms with Gasteiger partial charge in [0.2, 0.25) is 0 Å². The van der Waals surface area contributed by atoms with Crippen molar-refractivity contribution in [3.8, 4) is 0 Å². The van der Waals surface area contributed by atoms with Gasteiger partial charge >= 0.3 is 12.1 Å². The molecule has 0 saturated heterocycles. The van der Waals surface area contributed by atoms with E-state index >= 15 is 0 Å². The molecular formula is C13H17NO5. The third-order valence-electron chi connectivity index (χ3n) is 2.26. The van der Waals surface area contributed by atoms with E-state index in [0.29, 0.717) is 0 Å². The molecule has 0 radical (unpaired) electrons. The van der Waals surface area contributed by atoms with Crippen LogP contribution in [0.4, 0.5) is 4.79 Å². The number of hydrogen-bond donors (Lipinski definition) is 2.